The predicted octanol–water partition coefficient (Wildman–Crippen LogP) is 2.02. The van der Waals surface area contributed by atoms with E-state index in [9.17, 15) is 14.7 Å². The van der Waals surface area contributed by atoms with E-state index >= 15 is 0 Å². The minimum Gasteiger partial charge on any atom is -0.389 e. The molecule has 6 atom stereocenters. The van der Waals surface area contributed by atoms with Gasteiger partial charge in [-0.05, 0) is 70.6 Å². The summed E-state index contributed by atoms with van der Waals surface area (Å²) in [7, 11) is 0. The normalized spacial score (nSPS) is 36.7. The Labute approximate surface area is 212 Å². The van der Waals surface area contributed by atoms with Crippen LogP contribution in [-0.2, 0) is 9.53 Å². The number of hydrogen-bond acceptors (Lipinski definition) is 6. The van der Waals surface area contributed by atoms with Gasteiger partial charge in [-0.15, -0.1) is 0 Å². The third-order valence-corrected chi connectivity index (χ3v) is 9.93. The molecule has 36 heavy (non-hydrogen) atoms. The van der Waals surface area contributed by atoms with Crippen molar-refractivity contribution in [1.82, 2.24) is 20.4 Å². The number of rotatable bonds is 7. The van der Waals surface area contributed by atoms with Crippen molar-refractivity contribution < 1.29 is 19.4 Å². The van der Waals surface area contributed by atoms with Crippen LogP contribution in [0.4, 0.5) is 5.82 Å². The molecule has 4 aliphatic carbocycles. The maximum atomic E-state index is 13.7. The molecule has 0 aromatic carbocycles. The molecule has 5 aliphatic rings. The maximum absolute atomic E-state index is 13.7. The van der Waals surface area contributed by atoms with E-state index in [0.29, 0.717) is 56.2 Å². The van der Waals surface area contributed by atoms with Crippen molar-refractivity contribution in [1.29, 1.82) is 0 Å². The van der Waals surface area contributed by atoms with Gasteiger partial charge in [0, 0.05) is 37.3 Å². The van der Waals surface area contributed by atoms with Crippen LogP contribution < -0.4 is 15.5 Å². The van der Waals surface area contributed by atoms with E-state index in [1.807, 2.05) is 26.8 Å². The Hall–Kier alpha value is -2.39. The second-order valence-corrected chi connectivity index (χ2v) is 12.3. The smallest absolute Gasteiger partial charge is 0.256 e. The number of fused-ring (bicyclic) bond motifs is 2. The largest absolute Gasteiger partial charge is 0.389 e. The first-order valence-corrected chi connectivity index (χ1v) is 13.6. The molecular formula is C27H39N5O4. The van der Waals surface area contributed by atoms with E-state index in [2.05, 4.69) is 20.6 Å². The van der Waals surface area contributed by atoms with Gasteiger partial charge in [0.25, 0.3) is 5.91 Å². The lowest BCUT2D eigenvalue weighted by molar-refractivity contribution is -0.176. The molecule has 2 amide bonds. The van der Waals surface area contributed by atoms with Crippen LogP contribution in [0.2, 0.25) is 0 Å². The van der Waals surface area contributed by atoms with Crippen molar-refractivity contribution in [2.75, 3.05) is 37.7 Å². The first-order valence-electron chi connectivity index (χ1n) is 13.6. The quantitative estimate of drug-likeness (QED) is 0.532. The summed E-state index contributed by atoms with van der Waals surface area (Å²) in [5, 5.41) is 22.0. The molecule has 3 N–H and O–H groups in total. The topological polar surface area (TPSA) is 109 Å². The number of carbonyl (C=O) groups is 2. The van der Waals surface area contributed by atoms with Gasteiger partial charge in [-0.2, -0.15) is 5.10 Å². The average Bonchev–Trinajstić information content (AvgIpc) is 3.44. The average molecular weight is 498 g/mol. The third-order valence-electron chi connectivity index (χ3n) is 9.93. The lowest BCUT2D eigenvalue weighted by atomic mass is 9.53. The van der Waals surface area contributed by atoms with Crippen molar-refractivity contribution >= 4 is 23.8 Å². The van der Waals surface area contributed by atoms with Crippen molar-refractivity contribution in [3.63, 3.8) is 0 Å². The molecule has 9 heteroatoms. The number of hydrogen-bond donors (Lipinski definition) is 3. The molecule has 1 aliphatic heterocycles. The Morgan fingerprint density at radius 3 is 2.72 bits per heavy atom. The van der Waals surface area contributed by atoms with E-state index in [1.165, 1.54) is 0 Å². The molecule has 5 fully saturated rings. The molecule has 1 spiro atoms. The fourth-order valence-corrected chi connectivity index (χ4v) is 8.15. The van der Waals surface area contributed by atoms with Gasteiger partial charge in [-0.25, -0.2) is 4.68 Å². The SMILES string of the molecule is CCNC(=O)C(C)(C)/C=C/n1ncc(C(=O)NC2C3CC4CC5(O)CC2CC45C3)c1N1CCOCC1. The molecule has 6 unspecified atom stereocenters. The van der Waals surface area contributed by atoms with Crippen LogP contribution in [0.15, 0.2) is 12.3 Å². The highest BCUT2D eigenvalue weighted by Gasteiger charge is 2.76. The standard InChI is InChI=1S/C27H39N5O4/c1-4-28-24(34)25(2,3)5-6-32-23(31-7-9-36-10-8-31)20(16-29-32)22(33)30-21-17-11-19-15-27(35)14-18(21)13-26(19,27)12-17/h5-6,16-19,21,35H,4,7-15H2,1-3H3,(H,28,34)(H,30,33)/b6-5+. The van der Waals surface area contributed by atoms with Gasteiger partial charge in [-0.3, -0.25) is 9.59 Å². The molecule has 4 saturated carbocycles. The first kappa shape index (κ1) is 24.0. The minimum absolute atomic E-state index is 0.0551. The number of nitrogens with one attached hydrogen (secondary N) is 2. The highest BCUT2D eigenvalue weighted by atomic mass is 16.5. The highest BCUT2D eigenvalue weighted by Crippen LogP contribution is 2.77. The Bertz CT molecular complexity index is 1090. The Balaban J connectivity index is 1.26. The Morgan fingerprint density at radius 2 is 1.97 bits per heavy atom. The Morgan fingerprint density at radius 1 is 1.22 bits per heavy atom. The van der Waals surface area contributed by atoms with Gasteiger partial charge >= 0.3 is 0 Å². The molecule has 3 bridgehead atoms. The molecule has 6 rings (SSSR count). The van der Waals surface area contributed by atoms with Crippen LogP contribution in [0, 0.1) is 28.6 Å². The molecule has 2 heterocycles. The van der Waals surface area contributed by atoms with Crippen LogP contribution in [-0.4, -0.2) is 71.2 Å². The van der Waals surface area contributed by atoms with E-state index in [-0.39, 0.29) is 23.3 Å². The molecule has 1 aromatic rings. The zero-order valence-electron chi connectivity index (χ0n) is 21.6. The lowest BCUT2D eigenvalue weighted by Crippen LogP contribution is -2.57. The molecule has 1 saturated heterocycles. The molecule has 0 radical (unpaired) electrons. The number of amides is 2. The summed E-state index contributed by atoms with van der Waals surface area (Å²) in [4.78, 5) is 28.4. The van der Waals surface area contributed by atoms with Gasteiger partial charge in [0.15, 0.2) is 0 Å². The molecule has 1 aromatic heterocycles. The van der Waals surface area contributed by atoms with Gasteiger partial charge in [-0.1, -0.05) is 6.08 Å². The number of ether oxygens (including phenoxy) is 1. The third kappa shape index (κ3) is 3.45. The van der Waals surface area contributed by atoms with Gasteiger partial charge in [0.1, 0.15) is 11.4 Å². The summed E-state index contributed by atoms with van der Waals surface area (Å²) >= 11 is 0. The fourth-order valence-electron chi connectivity index (χ4n) is 8.15. The number of nitrogens with zero attached hydrogens (tertiary/aromatic N) is 3. The summed E-state index contributed by atoms with van der Waals surface area (Å²) in [5.74, 6) is 2.02. The van der Waals surface area contributed by atoms with Gasteiger partial charge < -0.3 is 25.4 Å². The molecular weight excluding hydrogens is 458 g/mol. The zero-order valence-corrected chi connectivity index (χ0v) is 21.6. The van der Waals surface area contributed by atoms with Crippen molar-refractivity contribution in [3.8, 4) is 0 Å². The number of aliphatic hydroxyl groups is 1. The maximum Gasteiger partial charge on any atom is 0.256 e. The predicted molar refractivity (Wildman–Crippen MR) is 135 cm³/mol. The summed E-state index contributed by atoms with van der Waals surface area (Å²) < 4.78 is 7.27. The number of morpholine rings is 1. The zero-order chi connectivity index (χ0) is 25.3. The second kappa shape index (κ2) is 8.31. The van der Waals surface area contributed by atoms with Gasteiger partial charge in [0.2, 0.25) is 5.91 Å². The molecule has 9 nitrogen and oxygen atoms in total. The van der Waals surface area contributed by atoms with Crippen LogP contribution in [0.25, 0.3) is 6.20 Å². The van der Waals surface area contributed by atoms with Crippen molar-refractivity contribution in [2.45, 2.75) is 64.5 Å². The highest BCUT2D eigenvalue weighted by molar-refractivity contribution is 5.99. The number of anilines is 1. The fraction of sp³-hybridized carbons (Fsp3) is 0.741. The lowest BCUT2D eigenvalue weighted by Gasteiger charge is -2.55. The van der Waals surface area contributed by atoms with Crippen LogP contribution in [0.3, 0.4) is 0 Å². The Kier molecular flexibility index (Phi) is 5.54. The van der Waals surface area contributed by atoms with Crippen LogP contribution >= 0.6 is 0 Å². The van der Waals surface area contributed by atoms with Crippen LogP contribution in [0.5, 0.6) is 0 Å². The van der Waals surface area contributed by atoms with E-state index in [1.54, 1.807) is 17.1 Å². The minimum atomic E-state index is -0.715. The second-order valence-electron chi connectivity index (χ2n) is 12.3. The van der Waals surface area contributed by atoms with Crippen molar-refractivity contribution in [3.05, 3.63) is 17.8 Å². The van der Waals surface area contributed by atoms with E-state index in [4.69, 9.17) is 4.74 Å². The number of carbonyl (C=O) groups excluding carboxylic acids is 2. The van der Waals surface area contributed by atoms with E-state index < -0.39 is 11.0 Å². The summed E-state index contributed by atoms with van der Waals surface area (Å²) in [5.41, 5.74) is -0.529. The number of aromatic nitrogens is 2. The summed E-state index contributed by atoms with van der Waals surface area (Å²) in [6, 6.07) is 0.109. The summed E-state index contributed by atoms with van der Waals surface area (Å²) in [6.07, 6.45) is 10.3. The monoisotopic (exact) mass is 497 g/mol. The summed E-state index contributed by atoms with van der Waals surface area (Å²) in [6.45, 7) is 8.74. The van der Waals surface area contributed by atoms with Crippen molar-refractivity contribution in [2.24, 2.45) is 28.6 Å². The van der Waals surface area contributed by atoms with Gasteiger partial charge in [0.05, 0.1) is 30.4 Å². The first-order chi connectivity index (χ1) is 17.2. The molecule has 196 valence electrons. The van der Waals surface area contributed by atoms with E-state index in [0.717, 1.165) is 37.9 Å². The van der Waals surface area contributed by atoms with Crippen LogP contribution in [0.1, 0.15) is 63.2 Å².